The molecule has 3 heterocycles. The van der Waals surface area contributed by atoms with Crippen LogP contribution < -0.4 is 16.0 Å². The Morgan fingerprint density at radius 3 is 2.58 bits per heavy atom. The number of unbranched alkanes of at least 4 members (excludes halogenated alkanes) is 2. The van der Waals surface area contributed by atoms with E-state index in [0.29, 0.717) is 23.4 Å². The lowest BCUT2D eigenvalue weighted by atomic mass is 10.1. The van der Waals surface area contributed by atoms with Crippen molar-refractivity contribution in [2.24, 2.45) is 0 Å². The van der Waals surface area contributed by atoms with Crippen LogP contribution in [0.4, 0.5) is 17.5 Å². The highest BCUT2D eigenvalue weighted by atomic mass is 16.3. The van der Waals surface area contributed by atoms with E-state index in [1.54, 1.807) is 0 Å². The number of benzene rings is 1. The van der Waals surface area contributed by atoms with Crippen LogP contribution in [0.5, 0.6) is 0 Å². The van der Waals surface area contributed by atoms with Gasteiger partial charge in [-0.25, -0.2) is 4.98 Å². The third-order valence-corrected chi connectivity index (χ3v) is 7.06. The van der Waals surface area contributed by atoms with Crippen molar-refractivity contribution in [3.8, 4) is 0 Å². The van der Waals surface area contributed by atoms with Gasteiger partial charge in [-0.2, -0.15) is 9.97 Å². The summed E-state index contributed by atoms with van der Waals surface area (Å²) in [7, 11) is 0. The van der Waals surface area contributed by atoms with Gasteiger partial charge in [-0.15, -0.1) is 0 Å². The molecule has 1 saturated carbocycles. The summed E-state index contributed by atoms with van der Waals surface area (Å²) in [5, 5.41) is 19.1. The van der Waals surface area contributed by atoms with Gasteiger partial charge in [-0.05, 0) is 56.4 Å². The first-order valence-electron chi connectivity index (χ1n) is 13.2. The summed E-state index contributed by atoms with van der Waals surface area (Å²) in [5.74, 6) is 1.28. The number of carbonyl (C=O) groups excluding carboxylic acids is 1. The maximum atomic E-state index is 12.8. The number of rotatable bonds is 10. The summed E-state index contributed by atoms with van der Waals surface area (Å²) in [6.45, 7) is 4.09. The third-order valence-electron chi connectivity index (χ3n) is 7.06. The predicted molar refractivity (Wildman–Crippen MR) is 141 cm³/mol. The standard InChI is InChI=1S/C26H36N8O2/c35-17-5-1-4-12-28-26-31-23(22-24(32-26)34(18-29-22)21-6-2-3-7-21)30-20-10-8-19(9-11-20)25(36)33-15-13-27-14-16-33/h8-11,18,21,27,35H,1-7,12-17H2,(H2,28,30,31,32). The zero-order chi connectivity index (χ0) is 24.7. The normalized spacial score (nSPS) is 16.5. The van der Waals surface area contributed by atoms with Gasteiger partial charge in [-0.1, -0.05) is 12.8 Å². The van der Waals surface area contributed by atoms with E-state index in [4.69, 9.17) is 15.1 Å². The highest BCUT2D eigenvalue weighted by molar-refractivity contribution is 5.95. The van der Waals surface area contributed by atoms with E-state index >= 15 is 0 Å². The summed E-state index contributed by atoms with van der Waals surface area (Å²) in [5.41, 5.74) is 3.11. The molecule has 3 aromatic rings. The Morgan fingerprint density at radius 1 is 1.06 bits per heavy atom. The molecule has 1 aromatic carbocycles. The quantitative estimate of drug-likeness (QED) is 0.318. The maximum Gasteiger partial charge on any atom is 0.253 e. The van der Waals surface area contributed by atoms with Crippen LogP contribution in [0.25, 0.3) is 11.2 Å². The van der Waals surface area contributed by atoms with Crippen molar-refractivity contribution in [2.75, 3.05) is 50.0 Å². The monoisotopic (exact) mass is 492 g/mol. The SMILES string of the molecule is O=C(c1ccc(Nc2nc(NCCCCCO)nc3c2ncn3C2CCCC2)cc1)N1CCNCC1. The number of imidazole rings is 1. The second kappa shape index (κ2) is 11.7. The Kier molecular flexibility index (Phi) is 7.92. The lowest BCUT2D eigenvalue weighted by Crippen LogP contribution is -2.46. The number of nitrogens with zero attached hydrogens (tertiary/aromatic N) is 5. The number of piperazine rings is 1. The summed E-state index contributed by atoms with van der Waals surface area (Å²) >= 11 is 0. The number of nitrogens with one attached hydrogen (secondary N) is 3. The van der Waals surface area contributed by atoms with Gasteiger partial charge in [0, 0.05) is 56.6 Å². The maximum absolute atomic E-state index is 12.8. The Bertz CT molecular complexity index is 1150. The molecule has 2 aromatic heterocycles. The van der Waals surface area contributed by atoms with Crippen LogP contribution in [0.15, 0.2) is 30.6 Å². The number of amides is 1. The summed E-state index contributed by atoms with van der Waals surface area (Å²) in [6.07, 6.45) is 9.34. The van der Waals surface area contributed by atoms with E-state index < -0.39 is 0 Å². The number of fused-ring (bicyclic) bond motifs is 1. The van der Waals surface area contributed by atoms with Gasteiger partial charge in [0.1, 0.15) is 0 Å². The van der Waals surface area contributed by atoms with E-state index in [1.165, 1.54) is 12.8 Å². The molecule has 0 spiro atoms. The average Bonchev–Trinajstić information content (AvgIpc) is 3.59. The Labute approximate surface area is 211 Å². The first-order valence-corrected chi connectivity index (χ1v) is 13.2. The molecule has 10 heteroatoms. The van der Waals surface area contributed by atoms with Crippen molar-refractivity contribution in [2.45, 2.75) is 51.0 Å². The van der Waals surface area contributed by atoms with Gasteiger partial charge in [0.25, 0.3) is 5.91 Å². The van der Waals surface area contributed by atoms with Crippen molar-refractivity contribution in [1.29, 1.82) is 0 Å². The van der Waals surface area contributed by atoms with Gasteiger partial charge in [-0.3, -0.25) is 4.79 Å². The molecule has 2 fully saturated rings. The largest absolute Gasteiger partial charge is 0.396 e. The summed E-state index contributed by atoms with van der Waals surface area (Å²) in [6, 6.07) is 7.98. The molecule has 192 valence electrons. The molecule has 0 bridgehead atoms. The molecule has 2 aliphatic rings. The van der Waals surface area contributed by atoms with Crippen molar-refractivity contribution in [1.82, 2.24) is 29.7 Å². The summed E-state index contributed by atoms with van der Waals surface area (Å²) < 4.78 is 2.20. The van der Waals surface area contributed by atoms with Gasteiger partial charge in [0.2, 0.25) is 5.95 Å². The van der Waals surface area contributed by atoms with E-state index in [0.717, 1.165) is 81.7 Å². The minimum absolute atomic E-state index is 0.0652. The highest BCUT2D eigenvalue weighted by Gasteiger charge is 2.22. The van der Waals surface area contributed by atoms with Crippen LogP contribution >= 0.6 is 0 Å². The van der Waals surface area contributed by atoms with Crippen molar-refractivity contribution in [3.63, 3.8) is 0 Å². The Morgan fingerprint density at radius 2 is 1.83 bits per heavy atom. The lowest BCUT2D eigenvalue weighted by Gasteiger charge is -2.27. The van der Waals surface area contributed by atoms with Crippen LogP contribution in [-0.2, 0) is 0 Å². The van der Waals surface area contributed by atoms with Crippen LogP contribution in [0, 0.1) is 0 Å². The molecular formula is C26H36N8O2. The number of aromatic nitrogens is 4. The molecule has 1 aliphatic heterocycles. The molecule has 0 radical (unpaired) electrons. The molecule has 5 rings (SSSR count). The predicted octanol–water partition coefficient (Wildman–Crippen LogP) is 3.30. The third kappa shape index (κ3) is 5.60. The second-order valence-corrected chi connectivity index (χ2v) is 9.61. The van der Waals surface area contributed by atoms with Crippen molar-refractivity contribution < 1.29 is 9.90 Å². The molecule has 1 aliphatic carbocycles. The van der Waals surface area contributed by atoms with Gasteiger partial charge in [0.15, 0.2) is 17.0 Å². The smallest absolute Gasteiger partial charge is 0.253 e. The van der Waals surface area contributed by atoms with E-state index in [9.17, 15) is 4.79 Å². The first-order chi connectivity index (χ1) is 17.7. The van der Waals surface area contributed by atoms with Gasteiger partial charge in [0.05, 0.1) is 6.33 Å². The number of carbonyl (C=O) groups is 1. The zero-order valence-electron chi connectivity index (χ0n) is 20.7. The van der Waals surface area contributed by atoms with Crippen molar-refractivity contribution in [3.05, 3.63) is 36.2 Å². The fourth-order valence-electron chi connectivity index (χ4n) is 5.03. The number of hydrogen-bond donors (Lipinski definition) is 4. The first kappa shape index (κ1) is 24.5. The number of hydrogen-bond acceptors (Lipinski definition) is 8. The molecule has 0 atom stereocenters. The topological polar surface area (TPSA) is 120 Å². The van der Waals surface area contributed by atoms with E-state index in [2.05, 4.69) is 25.5 Å². The van der Waals surface area contributed by atoms with Gasteiger partial charge >= 0.3 is 0 Å². The number of aliphatic hydroxyl groups excluding tert-OH is 1. The molecule has 1 saturated heterocycles. The fourth-order valence-corrected chi connectivity index (χ4v) is 5.03. The van der Waals surface area contributed by atoms with Crippen LogP contribution in [-0.4, -0.2) is 74.8 Å². The van der Waals surface area contributed by atoms with E-state index in [1.807, 2.05) is 35.5 Å². The molecule has 4 N–H and O–H groups in total. The van der Waals surface area contributed by atoms with Gasteiger partial charge < -0.3 is 30.5 Å². The van der Waals surface area contributed by atoms with Crippen LogP contribution in [0.3, 0.4) is 0 Å². The molecule has 1 amide bonds. The number of aliphatic hydroxyl groups is 1. The van der Waals surface area contributed by atoms with Crippen LogP contribution in [0.2, 0.25) is 0 Å². The second-order valence-electron chi connectivity index (χ2n) is 9.61. The minimum Gasteiger partial charge on any atom is -0.396 e. The molecular weight excluding hydrogens is 456 g/mol. The van der Waals surface area contributed by atoms with Crippen molar-refractivity contribution >= 4 is 34.5 Å². The molecule has 36 heavy (non-hydrogen) atoms. The van der Waals surface area contributed by atoms with Crippen LogP contribution in [0.1, 0.15) is 61.3 Å². The fraction of sp³-hybridized carbons (Fsp3) is 0.538. The molecule has 10 nitrogen and oxygen atoms in total. The summed E-state index contributed by atoms with van der Waals surface area (Å²) in [4.78, 5) is 28.9. The lowest BCUT2D eigenvalue weighted by molar-refractivity contribution is 0.0736. The minimum atomic E-state index is 0.0652. The number of anilines is 3. The van der Waals surface area contributed by atoms with E-state index in [-0.39, 0.29) is 12.5 Å². The zero-order valence-corrected chi connectivity index (χ0v) is 20.7. The average molecular weight is 493 g/mol. The Hall–Kier alpha value is -3.24. The highest BCUT2D eigenvalue weighted by Crippen LogP contribution is 2.33. The molecule has 0 unspecified atom stereocenters. The Balaban J connectivity index is 1.36.